The van der Waals surface area contributed by atoms with Crippen molar-refractivity contribution in [3.63, 3.8) is 0 Å². The van der Waals surface area contributed by atoms with Gasteiger partial charge in [-0.25, -0.2) is 4.39 Å². The Kier molecular flexibility index (Phi) is 5.14. The third kappa shape index (κ3) is 3.71. The van der Waals surface area contributed by atoms with Crippen LogP contribution in [0.3, 0.4) is 0 Å². The summed E-state index contributed by atoms with van der Waals surface area (Å²) >= 11 is 1.66. The van der Waals surface area contributed by atoms with Gasteiger partial charge >= 0.3 is 0 Å². The maximum Gasteiger partial charge on any atom is 0.244 e. The minimum Gasteiger partial charge on any atom is -0.368 e. The molecule has 4 N–H and O–H groups in total. The summed E-state index contributed by atoms with van der Waals surface area (Å²) in [5.41, 5.74) is 8.71. The molecule has 2 aromatic rings. The third-order valence-corrected chi connectivity index (χ3v) is 9.45. The molecule has 188 valence electrons. The molecule has 2 unspecified atom stereocenters. The zero-order chi connectivity index (χ0) is 24.6. The second-order valence-electron chi connectivity index (χ2n) is 10.9. The number of hydrogen-bond donors (Lipinski definition) is 3. The van der Waals surface area contributed by atoms with E-state index in [1.54, 1.807) is 17.8 Å². The van der Waals surface area contributed by atoms with E-state index < -0.39 is 11.7 Å². The summed E-state index contributed by atoms with van der Waals surface area (Å²) in [7, 11) is 0. The number of likely N-dealkylation sites (tertiary alicyclic amines) is 1. The number of fused-ring (bicyclic) bond motifs is 1. The molecule has 7 nitrogen and oxygen atoms in total. The molecular weight excluding hydrogens is 477 g/mol. The molecule has 9 heteroatoms. The summed E-state index contributed by atoms with van der Waals surface area (Å²) in [6.07, 6.45) is 3.12. The van der Waals surface area contributed by atoms with Crippen molar-refractivity contribution in [3.8, 4) is 0 Å². The maximum atomic E-state index is 15.6. The lowest BCUT2D eigenvalue weighted by Gasteiger charge is -2.42. The zero-order valence-electron chi connectivity index (χ0n) is 20.0. The molecule has 3 heterocycles. The predicted molar refractivity (Wildman–Crippen MR) is 135 cm³/mol. The number of halogens is 1. The van der Waals surface area contributed by atoms with Crippen LogP contribution in [0.25, 0.3) is 0 Å². The smallest absolute Gasteiger partial charge is 0.244 e. The SMILES string of the molecule is NCc1ccc2c(c1)SC(c1ccc(C3NC4(CC4)C(=O)N3CC3CN(C(=O)C4CC4)C3)c(F)c1)N2. The van der Waals surface area contributed by atoms with Gasteiger partial charge in [-0.15, -0.1) is 0 Å². The molecule has 36 heavy (non-hydrogen) atoms. The van der Waals surface area contributed by atoms with E-state index in [1.807, 2.05) is 34.1 Å². The summed E-state index contributed by atoms with van der Waals surface area (Å²) in [5, 5.41) is 6.84. The Morgan fingerprint density at radius 1 is 1.17 bits per heavy atom. The first-order valence-corrected chi connectivity index (χ1v) is 13.8. The van der Waals surface area contributed by atoms with Crippen LogP contribution in [0.2, 0.25) is 0 Å². The highest BCUT2D eigenvalue weighted by Gasteiger charge is 2.60. The number of anilines is 1. The van der Waals surface area contributed by atoms with Gasteiger partial charge in [-0.1, -0.05) is 30.0 Å². The number of amides is 2. The zero-order valence-corrected chi connectivity index (χ0v) is 20.8. The van der Waals surface area contributed by atoms with Gasteiger partial charge in [0.2, 0.25) is 11.8 Å². The van der Waals surface area contributed by atoms with Crippen LogP contribution in [0.1, 0.15) is 53.9 Å². The quantitative estimate of drug-likeness (QED) is 0.556. The summed E-state index contributed by atoms with van der Waals surface area (Å²) in [5.74, 6) is 0.490. The Bertz CT molecular complexity index is 1260. The standard InChI is InChI=1S/C27H30FN5O2S/c28-20-10-18(24-30-21-6-1-15(11-29)9-22(21)36-24)4-5-19(20)23-31-27(7-8-27)26(35)33(23)14-16-12-32(13-16)25(34)17-2-3-17/h1,4-6,9-10,16-17,23-24,30-31H,2-3,7-8,11-14,29H2. The predicted octanol–water partition coefficient (Wildman–Crippen LogP) is 3.33. The monoisotopic (exact) mass is 507 g/mol. The lowest BCUT2D eigenvalue weighted by molar-refractivity contribution is -0.140. The first-order chi connectivity index (χ1) is 17.4. The fraction of sp³-hybridized carbons (Fsp3) is 0.481. The maximum absolute atomic E-state index is 15.6. The lowest BCUT2D eigenvalue weighted by atomic mass is 9.97. The van der Waals surface area contributed by atoms with Crippen molar-refractivity contribution < 1.29 is 14.0 Å². The number of nitrogens with zero attached hydrogens (tertiary/aromatic N) is 2. The molecule has 0 aromatic heterocycles. The molecule has 2 saturated carbocycles. The molecule has 0 bridgehead atoms. The van der Waals surface area contributed by atoms with E-state index in [4.69, 9.17) is 5.73 Å². The van der Waals surface area contributed by atoms with E-state index in [2.05, 4.69) is 16.7 Å². The second kappa shape index (κ2) is 8.19. The number of carbonyl (C=O) groups excluding carboxylic acids is 2. The Labute approximate surface area is 214 Å². The summed E-state index contributed by atoms with van der Waals surface area (Å²) < 4.78 is 15.6. The molecular formula is C27H30FN5O2S. The van der Waals surface area contributed by atoms with E-state index in [-0.39, 0.29) is 34.8 Å². The van der Waals surface area contributed by atoms with Crippen molar-refractivity contribution in [1.82, 2.24) is 15.1 Å². The molecule has 1 spiro atoms. The van der Waals surface area contributed by atoms with Crippen LogP contribution in [0.5, 0.6) is 0 Å². The molecule has 2 aliphatic carbocycles. The number of hydrogen-bond acceptors (Lipinski definition) is 6. The number of benzene rings is 2. The van der Waals surface area contributed by atoms with Crippen LogP contribution in [0.4, 0.5) is 10.1 Å². The van der Waals surface area contributed by atoms with Crippen LogP contribution in [-0.2, 0) is 16.1 Å². The van der Waals surface area contributed by atoms with Gasteiger partial charge in [-0.3, -0.25) is 14.9 Å². The van der Waals surface area contributed by atoms with Gasteiger partial charge in [0.15, 0.2) is 0 Å². The Hall–Kier alpha value is -2.62. The van der Waals surface area contributed by atoms with Crippen LogP contribution in [0, 0.1) is 17.7 Å². The normalized spacial score (nSPS) is 26.2. The van der Waals surface area contributed by atoms with E-state index in [0.29, 0.717) is 31.7 Å². The molecule has 2 atom stereocenters. The van der Waals surface area contributed by atoms with Crippen molar-refractivity contribution >= 4 is 29.3 Å². The number of carbonyl (C=O) groups is 2. The first-order valence-electron chi connectivity index (χ1n) is 12.9. The van der Waals surface area contributed by atoms with Crippen molar-refractivity contribution in [1.29, 1.82) is 0 Å². The van der Waals surface area contributed by atoms with Gasteiger partial charge in [-0.05, 0) is 55.0 Å². The molecule has 4 fully saturated rings. The van der Waals surface area contributed by atoms with E-state index in [1.165, 1.54) is 0 Å². The van der Waals surface area contributed by atoms with E-state index >= 15 is 4.39 Å². The lowest BCUT2D eigenvalue weighted by Crippen LogP contribution is -2.55. The number of rotatable bonds is 6. The highest BCUT2D eigenvalue weighted by molar-refractivity contribution is 8.00. The average molecular weight is 508 g/mol. The van der Waals surface area contributed by atoms with Gasteiger partial charge in [0.1, 0.15) is 22.9 Å². The Morgan fingerprint density at radius 3 is 2.67 bits per heavy atom. The van der Waals surface area contributed by atoms with Crippen LogP contribution < -0.4 is 16.4 Å². The minimum absolute atomic E-state index is 0.0714. The first kappa shape index (κ1) is 22.6. The van der Waals surface area contributed by atoms with Crippen molar-refractivity contribution in [2.75, 3.05) is 25.0 Å². The number of nitrogens with two attached hydrogens (primary N) is 1. The molecule has 7 rings (SSSR count). The molecule has 5 aliphatic rings. The highest BCUT2D eigenvalue weighted by Crippen LogP contribution is 2.49. The summed E-state index contributed by atoms with van der Waals surface area (Å²) in [4.78, 5) is 30.4. The average Bonchev–Trinajstić information content (AvgIpc) is 3.77. The van der Waals surface area contributed by atoms with Crippen LogP contribution in [-0.4, -0.2) is 46.8 Å². The number of thioether (sulfide) groups is 1. The van der Waals surface area contributed by atoms with Crippen LogP contribution >= 0.6 is 11.8 Å². The molecule has 2 aromatic carbocycles. The van der Waals surface area contributed by atoms with Gasteiger partial charge in [0.05, 0.1) is 0 Å². The van der Waals surface area contributed by atoms with Crippen molar-refractivity contribution in [3.05, 3.63) is 58.9 Å². The van der Waals surface area contributed by atoms with Crippen molar-refractivity contribution in [2.24, 2.45) is 17.6 Å². The van der Waals surface area contributed by atoms with Gasteiger partial charge < -0.3 is 20.9 Å². The van der Waals surface area contributed by atoms with Gasteiger partial charge in [0.25, 0.3) is 0 Å². The Balaban J connectivity index is 1.08. The summed E-state index contributed by atoms with van der Waals surface area (Å²) in [6, 6.07) is 11.5. The second-order valence-corrected chi connectivity index (χ2v) is 12.1. The fourth-order valence-corrected chi connectivity index (χ4v) is 6.93. The molecule has 3 aliphatic heterocycles. The van der Waals surface area contributed by atoms with Gasteiger partial charge in [-0.2, -0.15) is 0 Å². The summed E-state index contributed by atoms with van der Waals surface area (Å²) in [6.45, 7) is 2.42. The van der Waals surface area contributed by atoms with Crippen LogP contribution in [0.15, 0.2) is 41.3 Å². The topological polar surface area (TPSA) is 90.7 Å². The molecule has 2 amide bonds. The third-order valence-electron chi connectivity index (χ3n) is 8.23. The molecule has 0 radical (unpaired) electrons. The highest BCUT2D eigenvalue weighted by atomic mass is 32.2. The van der Waals surface area contributed by atoms with E-state index in [9.17, 15) is 9.59 Å². The number of nitrogens with one attached hydrogen (secondary N) is 2. The minimum atomic E-state index is -0.533. The fourth-order valence-electron chi connectivity index (χ4n) is 5.73. The van der Waals surface area contributed by atoms with Crippen molar-refractivity contribution in [2.45, 2.75) is 54.2 Å². The van der Waals surface area contributed by atoms with E-state index in [0.717, 1.165) is 47.4 Å². The largest absolute Gasteiger partial charge is 0.368 e. The Morgan fingerprint density at radius 2 is 1.97 bits per heavy atom. The molecule has 2 saturated heterocycles. The van der Waals surface area contributed by atoms with Gasteiger partial charge in [0, 0.05) is 54.2 Å².